The monoisotopic (exact) mass is 567 g/mol. The third-order valence-corrected chi connectivity index (χ3v) is 8.39. The van der Waals surface area contributed by atoms with Crippen molar-refractivity contribution < 1.29 is 4.57 Å². The minimum atomic E-state index is 0.756. The minimum Gasteiger partial charge on any atom is -0.347 e. The highest BCUT2D eigenvalue weighted by atomic mass is 35.5. The van der Waals surface area contributed by atoms with Gasteiger partial charge in [0, 0.05) is 51.9 Å². The molecular weight excluding hydrogens is 535 g/mol. The SMILES string of the molecule is CCSCCN1C=C\C(=C/C=C/C=C/c2cc[n+](CCSCC)c3ccc(Cl)cc23)c2cc(Cl)ccc21. The molecule has 4 rings (SSSR count). The highest BCUT2D eigenvalue weighted by molar-refractivity contribution is 7.99. The second-order valence-electron chi connectivity index (χ2n) is 8.56. The predicted octanol–water partition coefficient (Wildman–Crippen LogP) is 8.93. The first-order valence-electron chi connectivity index (χ1n) is 12.7. The van der Waals surface area contributed by atoms with Gasteiger partial charge in [0.25, 0.3) is 0 Å². The number of fused-ring (bicyclic) bond motifs is 2. The van der Waals surface area contributed by atoms with Crippen LogP contribution in [0, 0.1) is 0 Å². The Hall–Kier alpha value is -2.11. The summed E-state index contributed by atoms with van der Waals surface area (Å²) in [4.78, 5) is 2.31. The van der Waals surface area contributed by atoms with Crippen LogP contribution in [0.15, 0.2) is 85.2 Å². The van der Waals surface area contributed by atoms with Gasteiger partial charge in [-0.15, -0.1) is 0 Å². The molecule has 0 saturated heterocycles. The van der Waals surface area contributed by atoms with Crippen LogP contribution >= 0.6 is 46.7 Å². The maximum atomic E-state index is 6.36. The van der Waals surface area contributed by atoms with Gasteiger partial charge in [0.2, 0.25) is 5.52 Å². The fraction of sp³-hybridized carbons (Fsp3) is 0.258. The van der Waals surface area contributed by atoms with Crippen molar-refractivity contribution in [3.05, 3.63) is 106 Å². The summed E-state index contributed by atoms with van der Waals surface area (Å²) in [6.45, 7) is 6.38. The van der Waals surface area contributed by atoms with Crippen molar-refractivity contribution in [2.75, 3.05) is 34.5 Å². The summed E-state index contributed by atoms with van der Waals surface area (Å²) in [5.74, 6) is 4.48. The second-order valence-corrected chi connectivity index (χ2v) is 12.2. The van der Waals surface area contributed by atoms with Crippen LogP contribution in [-0.2, 0) is 6.54 Å². The zero-order chi connectivity index (χ0) is 26.0. The Bertz CT molecular complexity index is 1340. The zero-order valence-corrected chi connectivity index (χ0v) is 24.5. The average Bonchev–Trinajstić information content (AvgIpc) is 2.90. The van der Waals surface area contributed by atoms with Crippen LogP contribution < -0.4 is 9.47 Å². The van der Waals surface area contributed by atoms with E-state index in [1.165, 1.54) is 22.2 Å². The molecule has 0 bridgehead atoms. The number of thioether (sulfide) groups is 2. The fourth-order valence-corrected chi connectivity index (χ4v) is 5.91. The molecule has 0 amide bonds. The van der Waals surface area contributed by atoms with Gasteiger partial charge in [-0.3, -0.25) is 0 Å². The highest BCUT2D eigenvalue weighted by Gasteiger charge is 2.16. The maximum absolute atomic E-state index is 6.36. The van der Waals surface area contributed by atoms with Crippen LogP contribution in [0.4, 0.5) is 5.69 Å². The molecule has 37 heavy (non-hydrogen) atoms. The molecule has 0 saturated carbocycles. The van der Waals surface area contributed by atoms with Crippen molar-refractivity contribution in [1.82, 2.24) is 0 Å². The molecule has 0 aliphatic carbocycles. The summed E-state index contributed by atoms with van der Waals surface area (Å²) in [6, 6.07) is 14.5. The van der Waals surface area contributed by atoms with E-state index in [1.807, 2.05) is 35.7 Å². The molecule has 0 radical (unpaired) electrons. The quantitative estimate of drug-likeness (QED) is 0.130. The molecule has 6 heteroatoms. The summed E-state index contributed by atoms with van der Waals surface area (Å²) in [5, 5.41) is 2.68. The molecule has 2 aromatic carbocycles. The average molecular weight is 569 g/mol. The largest absolute Gasteiger partial charge is 0.347 e. The van der Waals surface area contributed by atoms with E-state index in [-0.39, 0.29) is 0 Å². The van der Waals surface area contributed by atoms with Gasteiger partial charge < -0.3 is 4.90 Å². The number of nitrogens with zero attached hydrogens (tertiary/aromatic N) is 2. The highest BCUT2D eigenvalue weighted by Crippen LogP contribution is 2.35. The predicted molar refractivity (Wildman–Crippen MR) is 169 cm³/mol. The van der Waals surface area contributed by atoms with E-state index in [2.05, 4.69) is 102 Å². The number of rotatable bonds is 11. The summed E-state index contributed by atoms with van der Waals surface area (Å²) in [5.41, 5.74) is 5.89. The minimum absolute atomic E-state index is 0.756. The summed E-state index contributed by atoms with van der Waals surface area (Å²) < 4.78 is 2.31. The topological polar surface area (TPSA) is 7.12 Å². The molecule has 0 atom stereocenters. The fourth-order valence-electron chi connectivity index (χ4n) is 4.34. The Morgan fingerprint density at radius 2 is 1.68 bits per heavy atom. The van der Waals surface area contributed by atoms with Gasteiger partial charge in [-0.25, -0.2) is 0 Å². The molecule has 0 N–H and O–H groups in total. The van der Waals surface area contributed by atoms with E-state index >= 15 is 0 Å². The number of benzene rings is 2. The van der Waals surface area contributed by atoms with Crippen molar-refractivity contribution in [2.24, 2.45) is 0 Å². The van der Waals surface area contributed by atoms with Crippen molar-refractivity contribution in [1.29, 1.82) is 0 Å². The van der Waals surface area contributed by atoms with Crippen LogP contribution in [0.2, 0.25) is 10.0 Å². The molecule has 1 aliphatic heterocycles. The molecule has 3 aromatic rings. The molecule has 192 valence electrons. The Labute approximate surface area is 239 Å². The van der Waals surface area contributed by atoms with Gasteiger partial charge in [-0.2, -0.15) is 28.1 Å². The molecule has 0 unspecified atom stereocenters. The molecule has 0 fully saturated rings. The van der Waals surface area contributed by atoms with Gasteiger partial charge in [0.1, 0.15) is 0 Å². The Kier molecular flexibility index (Phi) is 10.7. The van der Waals surface area contributed by atoms with Crippen LogP contribution in [0.3, 0.4) is 0 Å². The number of pyridine rings is 1. The van der Waals surface area contributed by atoms with Gasteiger partial charge in [0.15, 0.2) is 12.7 Å². The third kappa shape index (κ3) is 7.48. The number of anilines is 1. The van der Waals surface area contributed by atoms with Crippen molar-refractivity contribution in [3.8, 4) is 0 Å². The van der Waals surface area contributed by atoms with E-state index in [4.69, 9.17) is 23.2 Å². The van der Waals surface area contributed by atoms with Crippen LogP contribution in [0.5, 0.6) is 0 Å². The number of aryl methyl sites for hydroxylation is 1. The summed E-state index contributed by atoms with van der Waals surface area (Å²) in [6.07, 6.45) is 17.1. The van der Waals surface area contributed by atoms with E-state index in [0.717, 1.165) is 57.3 Å². The number of hydrogen-bond donors (Lipinski definition) is 0. The van der Waals surface area contributed by atoms with Crippen molar-refractivity contribution in [2.45, 2.75) is 20.4 Å². The Balaban J connectivity index is 1.52. The van der Waals surface area contributed by atoms with Crippen LogP contribution in [0.1, 0.15) is 25.0 Å². The van der Waals surface area contributed by atoms with Crippen molar-refractivity contribution >= 4 is 75.0 Å². The van der Waals surface area contributed by atoms with Gasteiger partial charge in [-0.1, -0.05) is 67.4 Å². The number of allylic oxidation sites excluding steroid dienone is 6. The van der Waals surface area contributed by atoms with Gasteiger partial charge in [0.05, 0.1) is 11.1 Å². The number of halogens is 2. The smallest absolute Gasteiger partial charge is 0.213 e. The van der Waals surface area contributed by atoms with E-state index in [0.29, 0.717) is 0 Å². The molecular formula is C31H33Cl2N2S2+. The first-order valence-corrected chi connectivity index (χ1v) is 15.7. The van der Waals surface area contributed by atoms with Crippen LogP contribution in [-0.4, -0.2) is 29.6 Å². The molecule has 1 aliphatic rings. The first-order chi connectivity index (χ1) is 18.1. The molecule has 0 spiro atoms. The molecule has 2 heterocycles. The van der Waals surface area contributed by atoms with E-state index < -0.39 is 0 Å². The lowest BCUT2D eigenvalue weighted by atomic mass is 9.99. The maximum Gasteiger partial charge on any atom is 0.213 e. The normalized spacial score (nSPS) is 14.5. The molecule has 2 nitrogen and oxygen atoms in total. The third-order valence-electron chi connectivity index (χ3n) is 6.16. The van der Waals surface area contributed by atoms with E-state index in [1.54, 1.807) is 0 Å². The van der Waals surface area contributed by atoms with Gasteiger partial charge >= 0.3 is 0 Å². The number of aromatic nitrogens is 1. The lowest BCUT2D eigenvalue weighted by molar-refractivity contribution is -0.666. The Morgan fingerprint density at radius 1 is 0.892 bits per heavy atom. The summed E-state index contributed by atoms with van der Waals surface area (Å²) >= 11 is 16.6. The number of hydrogen-bond acceptors (Lipinski definition) is 3. The summed E-state index contributed by atoms with van der Waals surface area (Å²) in [7, 11) is 0. The lowest BCUT2D eigenvalue weighted by Crippen LogP contribution is -2.35. The van der Waals surface area contributed by atoms with E-state index in [9.17, 15) is 0 Å². The standard InChI is InChI=1S/C31H33Cl2N2S2/c1-3-36-20-18-34-16-14-24(28-22-26(32)10-12-30(28)34)8-6-5-7-9-25-15-17-35(19-21-37-4-2)31-13-11-27(33)23-29(25)31/h5-17,22-23H,3-4,18-21H2,1-2H3/q+1. The van der Waals surface area contributed by atoms with Gasteiger partial charge in [-0.05, 0) is 59.1 Å². The second kappa shape index (κ2) is 14.2. The first kappa shape index (κ1) is 27.9. The van der Waals surface area contributed by atoms with Crippen LogP contribution in [0.25, 0.3) is 22.6 Å². The van der Waals surface area contributed by atoms with Crippen molar-refractivity contribution in [3.63, 3.8) is 0 Å². The zero-order valence-electron chi connectivity index (χ0n) is 21.4. The lowest BCUT2D eigenvalue weighted by Gasteiger charge is -2.27. The molecule has 1 aromatic heterocycles. The Morgan fingerprint density at radius 3 is 2.51 bits per heavy atom.